The molecule has 0 bridgehead atoms. The lowest BCUT2D eigenvalue weighted by molar-refractivity contribution is -0.387. The number of amides is 1. The predicted octanol–water partition coefficient (Wildman–Crippen LogP) is 5.62. The highest BCUT2D eigenvalue weighted by Crippen LogP contribution is 2.32. The van der Waals surface area contributed by atoms with Gasteiger partial charge in [-0.2, -0.15) is 0 Å². The predicted molar refractivity (Wildman–Crippen MR) is 115 cm³/mol. The number of benzene rings is 2. The second kappa shape index (κ2) is 8.12. The molecule has 3 rings (SSSR count). The fraction of sp³-hybridized carbons (Fsp3) is 0.200. The summed E-state index contributed by atoms with van der Waals surface area (Å²) in [5.41, 5.74) is 5.46. The molecule has 0 aliphatic heterocycles. The van der Waals surface area contributed by atoms with Crippen molar-refractivity contribution in [1.29, 1.82) is 0 Å². The Morgan fingerprint density at radius 3 is 2.46 bits per heavy atom. The van der Waals surface area contributed by atoms with Crippen molar-refractivity contribution in [3.63, 3.8) is 0 Å². The van der Waals surface area contributed by atoms with Crippen LogP contribution in [0, 0.1) is 30.9 Å². The molecule has 28 heavy (non-hydrogen) atoms. The number of nitro benzene ring substituents is 1. The first kappa shape index (κ1) is 20.0. The van der Waals surface area contributed by atoms with Gasteiger partial charge in [0.15, 0.2) is 5.13 Å². The maximum absolute atomic E-state index is 12.5. The molecule has 2 aromatic carbocycles. The van der Waals surface area contributed by atoms with Crippen molar-refractivity contribution in [2.45, 2.75) is 25.7 Å². The maximum Gasteiger partial charge on any atom is 0.283 e. The van der Waals surface area contributed by atoms with Crippen LogP contribution in [0.4, 0.5) is 10.8 Å². The first-order chi connectivity index (χ1) is 13.3. The Morgan fingerprint density at radius 2 is 1.86 bits per heavy atom. The van der Waals surface area contributed by atoms with Crippen molar-refractivity contribution in [3.05, 3.63) is 68.1 Å². The number of aromatic nitrogens is 1. The molecule has 144 valence electrons. The van der Waals surface area contributed by atoms with Gasteiger partial charge in [0.2, 0.25) is 0 Å². The highest BCUT2D eigenvalue weighted by atomic mass is 32.2. The molecule has 3 aromatic rings. The highest BCUT2D eigenvalue weighted by molar-refractivity contribution is 7.98. The van der Waals surface area contributed by atoms with Crippen molar-refractivity contribution in [1.82, 2.24) is 4.98 Å². The Bertz CT molecular complexity index is 1050. The van der Waals surface area contributed by atoms with Gasteiger partial charge in [0.1, 0.15) is 0 Å². The molecule has 0 unspecified atom stereocenters. The Balaban J connectivity index is 1.85. The number of hydrogen-bond donors (Lipinski definition) is 1. The molecule has 0 spiro atoms. The SMILES string of the molecule is CSc1ccc(C(=O)Nc2nc(-c3c(C)cc(C)cc3C)cs2)cc1[N+](=O)[O-]. The molecular weight excluding hydrogens is 394 g/mol. The van der Waals surface area contributed by atoms with Crippen molar-refractivity contribution < 1.29 is 9.72 Å². The third kappa shape index (κ3) is 4.07. The molecule has 0 atom stereocenters. The van der Waals surface area contributed by atoms with Crippen LogP contribution >= 0.6 is 23.1 Å². The standard InChI is InChI=1S/C20H19N3O3S2/c1-11-7-12(2)18(13(3)8-11)15-10-28-20(21-15)22-19(24)14-5-6-17(27-4)16(9-14)23(25)26/h5-10H,1-4H3,(H,21,22,24). The van der Waals surface area contributed by atoms with Gasteiger partial charge in [-0.05, 0) is 50.3 Å². The topological polar surface area (TPSA) is 85.1 Å². The van der Waals surface area contributed by atoms with E-state index >= 15 is 0 Å². The summed E-state index contributed by atoms with van der Waals surface area (Å²) in [5, 5.41) is 16.3. The Labute approximate surface area is 171 Å². The van der Waals surface area contributed by atoms with Gasteiger partial charge in [0.05, 0.1) is 15.5 Å². The van der Waals surface area contributed by atoms with Gasteiger partial charge in [-0.15, -0.1) is 23.1 Å². The van der Waals surface area contributed by atoms with Gasteiger partial charge in [-0.25, -0.2) is 4.98 Å². The van der Waals surface area contributed by atoms with Crippen molar-refractivity contribution in [3.8, 4) is 11.3 Å². The number of hydrogen-bond acceptors (Lipinski definition) is 6. The minimum atomic E-state index is -0.479. The van der Waals surface area contributed by atoms with Gasteiger partial charge in [-0.1, -0.05) is 17.7 Å². The average molecular weight is 414 g/mol. The molecule has 0 aliphatic rings. The lowest BCUT2D eigenvalue weighted by Gasteiger charge is -2.08. The summed E-state index contributed by atoms with van der Waals surface area (Å²) < 4.78 is 0. The molecule has 1 amide bonds. The Morgan fingerprint density at radius 1 is 1.18 bits per heavy atom. The number of rotatable bonds is 5. The zero-order chi connectivity index (χ0) is 20.4. The molecule has 0 fully saturated rings. The van der Waals surface area contributed by atoms with E-state index in [2.05, 4.69) is 29.4 Å². The summed E-state index contributed by atoms with van der Waals surface area (Å²) in [4.78, 5) is 28.3. The first-order valence-electron chi connectivity index (χ1n) is 8.47. The molecule has 1 heterocycles. The number of nitrogens with one attached hydrogen (secondary N) is 1. The fourth-order valence-electron chi connectivity index (χ4n) is 3.17. The smallest absolute Gasteiger partial charge is 0.283 e. The summed E-state index contributed by atoms with van der Waals surface area (Å²) >= 11 is 2.60. The van der Waals surface area contributed by atoms with Crippen molar-refractivity contribution in [2.75, 3.05) is 11.6 Å². The number of aryl methyl sites for hydroxylation is 3. The number of thiazole rings is 1. The van der Waals surface area contributed by atoms with Crippen LogP contribution in [0.2, 0.25) is 0 Å². The van der Waals surface area contributed by atoms with Crippen molar-refractivity contribution >= 4 is 39.8 Å². The molecule has 0 saturated heterocycles. The lowest BCUT2D eigenvalue weighted by Crippen LogP contribution is -2.12. The van der Waals surface area contributed by atoms with E-state index in [0.717, 1.165) is 22.4 Å². The van der Waals surface area contributed by atoms with Gasteiger partial charge in [0, 0.05) is 22.6 Å². The quantitative estimate of drug-likeness (QED) is 0.333. The molecule has 0 radical (unpaired) electrons. The second-order valence-electron chi connectivity index (χ2n) is 6.41. The normalized spacial score (nSPS) is 10.7. The van der Waals surface area contributed by atoms with E-state index in [1.54, 1.807) is 18.4 Å². The Hall–Kier alpha value is -2.71. The Kier molecular flexibility index (Phi) is 5.81. The number of anilines is 1. The number of carbonyl (C=O) groups is 1. The van der Waals surface area contributed by atoms with Crippen LogP contribution < -0.4 is 5.32 Å². The molecule has 1 aromatic heterocycles. The number of carbonyl (C=O) groups excluding carboxylic acids is 1. The number of nitro groups is 1. The summed E-state index contributed by atoms with van der Waals surface area (Å²) in [6, 6.07) is 8.67. The van der Waals surface area contributed by atoms with E-state index in [4.69, 9.17) is 0 Å². The molecule has 0 saturated carbocycles. The van der Waals surface area contributed by atoms with Crippen LogP contribution in [0.15, 0.2) is 40.6 Å². The third-order valence-electron chi connectivity index (χ3n) is 4.30. The lowest BCUT2D eigenvalue weighted by atomic mass is 9.98. The van der Waals surface area contributed by atoms with Crippen LogP contribution in [0.25, 0.3) is 11.3 Å². The first-order valence-corrected chi connectivity index (χ1v) is 10.6. The summed E-state index contributed by atoms with van der Waals surface area (Å²) in [7, 11) is 0. The zero-order valence-corrected chi connectivity index (χ0v) is 17.5. The minimum absolute atomic E-state index is 0.0779. The number of nitrogens with zero attached hydrogens (tertiary/aromatic N) is 2. The largest absolute Gasteiger partial charge is 0.298 e. The molecule has 0 aliphatic carbocycles. The molecular formula is C20H19N3O3S2. The average Bonchev–Trinajstić information content (AvgIpc) is 3.08. The molecule has 8 heteroatoms. The number of thioether (sulfide) groups is 1. The summed E-state index contributed by atoms with van der Waals surface area (Å²) in [5.74, 6) is -0.422. The molecule has 6 nitrogen and oxygen atoms in total. The monoisotopic (exact) mass is 413 g/mol. The molecule has 1 N–H and O–H groups in total. The van der Waals surface area contributed by atoms with E-state index in [0.29, 0.717) is 10.0 Å². The van der Waals surface area contributed by atoms with Crippen LogP contribution in [-0.2, 0) is 0 Å². The zero-order valence-electron chi connectivity index (χ0n) is 15.9. The van der Waals surface area contributed by atoms with Crippen LogP contribution in [-0.4, -0.2) is 22.1 Å². The summed E-state index contributed by atoms with van der Waals surface area (Å²) in [6.07, 6.45) is 1.76. The van der Waals surface area contributed by atoms with E-state index in [1.165, 1.54) is 34.7 Å². The summed E-state index contributed by atoms with van der Waals surface area (Å²) in [6.45, 7) is 6.14. The van der Waals surface area contributed by atoms with Crippen LogP contribution in [0.1, 0.15) is 27.0 Å². The van der Waals surface area contributed by atoms with Gasteiger partial charge >= 0.3 is 0 Å². The van der Waals surface area contributed by atoms with Gasteiger partial charge < -0.3 is 0 Å². The van der Waals surface area contributed by atoms with E-state index in [9.17, 15) is 14.9 Å². The van der Waals surface area contributed by atoms with Crippen LogP contribution in [0.3, 0.4) is 0 Å². The van der Waals surface area contributed by atoms with E-state index in [-0.39, 0.29) is 11.3 Å². The maximum atomic E-state index is 12.5. The van der Waals surface area contributed by atoms with Crippen LogP contribution in [0.5, 0.6) is 0 Å². The third-order valence-corrected chi connectivity index (χ3v) is 5.84. The van der Waals surface area contributed by atoms with E-state index < -0.39 is 10.8 Å². The van der Waals surface area contributed by atoms with Gasteiger partial charge in [-0.3, -0.25) is 20.2 Å². The highest BCUT2D eigenvalue weighted by Gasteiger charge is 2.18. The van der Waals surface area contributed by atoms with E-state index in [1.807, 2.05) is 19.2 Å². The second-order valence-corrected chi connectivity index (χ2v) is 8.12. The van der Waals surface area contributed by atoms with Crippen molar-refractivity contribution in [2.24, 2.45) is 0 Å². The fourth-order valence-corrected chi connectivity index (χ4v) is 4.42. The van der Waals surface area contributed by atoms with Gasteiger partial charge in [0.25, 0.3) is 11.6 Å². The minimum Gasteiger partial charge on any atom is -0.298 e.